The fourth-order valence-electron chi connectivity index (χ4n) is 5.31. The zero-order valence-corrected chi connectivity index (χ0v) is 21.3. The van der Waals surface area contributed by atoms with Crippen molar-refractivity contribution in [1.82, 2.24) is 19.7 Å². The van der Waals surface area contributed by atoms with Gasteiger partial charge >= 0.3 is 0 Å². The molecule has 190 valence electrons. The van der Waals surface area contributed by atoms with E-state index < -0.39 is 11.6 Å². The van der Waals surface area contributed by atoms with E-state index in [1.165, 1.54) is 20.3 Å². The van der Waals surface area contributed by atoms with Crippen molar-refractivity contribution in [1.29, 1.82) is 0 Å². The van der Waals surface area contributed by atoms with Gasteiger partial charge in [0, 0.05) is 66.6 Å². The molecule has 0 radical (unpaired) electrons. The van der Waals surface area contributed by atoms with E-state index in [0.29, 0.717) is 12.5 Å². The molecule has 0 amide bonds. The van der Waals surface area contributed by atoms with E-state index in [1.54, 1.807) is 0 Å². The number of benzene rings is 1. The molecule has 3 aromatic rings. The minimum absolute atomic E-state index is 0.0400. The molecular formula is C28H32F2N4O2. The van der Waals surface area contributed by atoms with Gasteiger partial charge in [-0.15, -0.1) is 0 Å². The lowest BCUT2D eigenvalue weighted by molar-refractivity contribution is 0.187. The second kappa shape index (κ2) is 10.0. The van der Waals surface area contributed by atoms with Gasteiger partial charge in [0.05, 0.1) is 31.6 Å². The summed E-state index contributed by atoms with van der Waals surface area (Å²) in [5.74, 6) is -1.50. The van der Waals surface area contributed by atoms with E-state index in [-0.39, 0.29) is 23.5 Å². The third-order valence-corrected chi connectivity index (χ3v) is 7.50. The molecule has 1 aromatic carbocycles. The molecule has 6 nitrogen and oxygen atoms in total. The SMILES string of the molecule is CCN1CCC(n2cc(-c3cnc4c(c3)C(Cc3c(F)c(OC)cc(OC)c3F)=CC4)c(C)n2)CC1. The lowest BCUT2D eigenvalue weighted by Gasteiger charge is -2.31. The molecule has 2 aliphatic rings. The van der Waals surface area contributed by atoms with Crippen LogP contribution in [0.2, 0.25) is 0 Å². The van der Waals surface area contributed by atoms with E-state index >= 15 is 8.78 Å². The highest BCUT2D eigenvalue weighted by Gasteiger charge is 2.25. The smallest absolute Gasteiger partial charge is 0.171 e. The standard InChI is InChI=1S/C28H32F2N4O2/c1-5-33-10-8-20(9-11-33)34-16-23(17(2)32-34)19-13-21-18(6-7-24(21)31-15-19)12-22-27(29)25(35-3)14-26(36-4)28(22)30/h6,13-16,20H,5,7-12H2,1-4H3. The number of pyridine rings is 1. The van der Waals surface area contributed by atoms with Gasteiger partial charge in [-0.1, -0.05) is 13.0 Å². The van der Waals surface area contributed by atoms with E-state index in [9.17, 15) is 0 Å². The van der Waals surface area contributed by atoms with Crippen molar-refractivity contribution >= 4 is 5.57 Å². The van der Waals surface area contributed by atoms with Crippen molar-refractivity contribution in [2.45, 2.75) is 45.6 Å². The van der Waals surface area contributed by atoms with Crippen molar-refractivity contribution in [2.75, 3.05) is 33.9 Å². The summed E-state index contributed by atoms with van der Waals surface area (Å²) in [6, 6.07) is 3.70. The van der Waals surface area contributed by atoms with Gasteiger partial charge in [-0.25, -0.2) is 8.78 Å². The maximum atomic E-state index is 15.0. The summed E-state index contributed by atoms with van der Waals surface area (Å²) in [7, 11) is 2.71. The summed E-state index contributed by atoms with van der Waals surface area (Å²) in [4.78, 5) is 7.16. The Balaban J connectivity index is 1.43. The normalized spacial score (nSPS) is 16.2. The fourth-order valence-corrected chi connectivity index (χ4v) is 5.31. The first-order valence-electron chi connectivity index (χ1n) is 12.5. The molecule has 0 saturated carbocycles. The highest BCUT2D eigenvalue weighted by molar-refractivity contribution is 5.78. The van der Waals surface area contributed by atoms with Crippen LogP contribution in [0.1, 0.15) is 48.3 Å². The van der Waals surface area contributed by atoms with Gasteiger partial charge in [0.2, 0.25) is 0 Å². The molecular weight excluding hydrogens is 462 g/mol. The molecule has 0 bridgehead atoms. The van der Waals surface area contributed by atoms with Crippen LogP contribution >= 0.6 is 0 Å². The fraction of sp³-hybridized carbons (Fsp3) is 0.429. The van der Waals surface area contributed by atoms with Gasteiger partial charge in [-0.3, -0.25) is 9.67 Å². The van der Waals surface area contributed by atoms with Crippen LogP contribution < -0.4 is 9.47 Å². The van der Waals surface area contributed by atoms with E-state index in [1.807, 2.05) is 19.2 Å². The number of rotatable bonds is 7. The van der Waals surface area contributed by atoms with Gasteiger partial charge in [0.15, 0.2) is 23.1 Å². The van der Waals surface area contributed by atoms with Gasteiger partial charge in [-0.2, -0.15) is 5.10 Å². The Morgan fingerprint density at radius 3 is 2.36 bits per heavy atom. The van der Waals surface area contributed by atoms with Gasteiger partial charge in [0.1, 0.15) is 0 Å². The maximum absolute atomic E-state index is 15.0. The number of ether oxygens (including phenoxy) is 2. The van der Waals surface area contributed by atoms with E-state index in [2.05, 4.69) is 28.8 Å². The lowest BCUT2D eigenvalue weighted by Crippen LogP contribution is -2.34. The molecule has 5 rings (SSSR count). The molecule has 0 N–H and O–H groups in total. The molecule has 36 heavy (non-hydrogen) atoms. The van der Waals surface area contributed by atoms with Gasteiger partial charge < -0.3 is 14.4 Å². The number of nitrogens with zero attached hydrogens (tertiary/aromatic N) is 4. The van der Waals surface area contributed by atoms with Crippen molar-refractivity contribution in [3.8, 4) is 22.6 Å². The van der Waals surface area contributed by atoms with Crippen molar-refractivity contribution in [3.63, 3.8) is 0 Å². The number of hydrogen-bond acceptors (Lipinski definition) is 5. The summed E-state index contributed by atoms with van der Waals surface area (Å²) in [5.41, 5.74) is 5.53. The number of methoxy groups -OCH3 is 2. The zero-order valence-electron chi connectivity index (χ0n) is 21.3. The third-order valence-electron chi connectivity index (χ3n) is 7.50. The predicted octanol–water partition coefficient (Wildman–Crippen LogP) is 5.39. The number of aryl methyl sites for hydroxylation is 1. The Hall–Kier alpha value is -3.26. The monoisotopic (exact) mass is 494 g/mol. The molecule has 1 saturated heterocycles. The molecule has 3 heterocycles. The number of hydrogen-bond donors (Lipinski definition) is 0. The van der Waals surface area contributed by atoms with Crippen LogP contribution in [-0.4, -0.2) is 53.5 Å². The highest BCUT2D eigenvalue weighted by Crippen LogP contribution is 2.38. The van der Waals surface area contributed by atoms with Crippen molar-refractivity contribution in [2.24, 2.45) is 0 Å². The first-order valence-corrected chi connectivity index (χ1v) is 12.5. The predicted molar refractivity (Wildman–Crippen MR) is 135 cm³/mol. The summed E-state index contributed by atoms with van der Waals surface area (Å²) in [6.07, 6.45) is 8.87. The topological polar surface area (TPSA) is 52.4 Å². The summed E-state index contributed by atoms with van der Waals surface area (Å²) < 4.78 is 42.4. The van der Waals surface area contributed by atoms with Crippen LogP contribution in [0.5, 0.6) is 11.5 Å². The zero-order chi connectivity index (χ0) is 25.4. The van der Waals surface area contributed by atoms with Crippen LogP contribution in [0, 0.1) is 18.6 Å². The number of halogens is 2. The third kappa shape index (κ3) is 4.39. The van der Waals surface area contributed by atoms with Crippen LogP contribution in [0.4, 0.5) is 8.78 Å². The largest absolute Gasteiger partial charge is 0.494 e. The first kappa shape index (κ1) is 24.4. The molecule has 2 aromatic heterocycles. The molecule has 1 aliphatic carbocycles. The average molecular weight is 495 g/mol. The van der Waals surface area contributed by atoms with E-state index in [0.717, 1.165) is 66.1 Å². The number of aromatic nitrogens is 3. The second-order valence-corrected chi connectivity index (χ2v) is 9.49. The lowest BCUT2D eigenvalue weighted by atomic mass is 9.97. The van der Waals surface area contributed by atoms with Crippen molar-refractivity contribution in [3.05, 3.63) is 64.8 Å². The number of allylic oxidation sites excluding steroid dienone is 2. The molecule has 8 heteroatoms. The first-order chi connectivity index (χ1) is 17.4. The summed E-state index contributed by atoms with van der Waals surface area (Å²) in [6.45, 7) is 7.49. The van der Waals surface area contributed by atoms with Crippen LogP contribution in [0.15, 0.2) is 30.6 Å². The Kier molecular flexibility index (Phi) is 6.79. The molecule has 0 unspecified atom stereocenters. The van der Waals surface area contributed by atoms with E-state index in [4.69, 9.17) is 19.6 Å². The Labute approximate surface area is 210 Å². The van der Waals surface area contributed by atoms with Gasteiger partial charge in [-0.05, 0) is 37.9 Å². The van der Waals surface area contributed by atoms with Crippen molar-refractivity contribution < 1.29 is 18.3 Å². The average Bonchev–Trinajstić information content (AvgIpc) is 3.49. The maximum Gasteiger partial charge on any atom is 0.171 e. The molecule has 1 aliphatic heterocycles. The number of likely N-dealkylation sites (tertiary alicyclic amines) is 1. The van der Waals surface area contributed by atoms with Crippen LogP contribution in [0.25, 0.3) is 16.7 Å². The van der Waals surface area contributed by atoms with Crippen LogP contribution in [0.3, 0.4) is 0 Å². The molecule has 0 atom stereocenters. The number of fused-ring (bicyclic) bond motifs is 1. The van der Waals surface area contributed by atoms with Crippen LogP contribution in [-0.2, 0) is 12.8 Å². The molecule has 0 spiro atoms. The summed E-state index contributed by atoms with van der Waals surface area (Å²) in [5, 5.41) is 4.83. The summed E-state index contributed by atoms with van der Waals surface area (Å²) >= 11 is 0. The second-order valence-electron chi connectivity index (χ2n) is 9.49. The van der Waals surface area contributed by atoms with Gasteiger partial charge in [0.25, 0.3) is 0 Å². The highest BCUT2D eigenvalue weighted by atomic mass is 19.1. The minimum atomic E-state index is -0.708. The Morgan fingerprint density at radius 1 is 1.03 bits per heavy atom. The Bertz CT molecular complexity index is 1280. The molecule has 1 fully saturated rings. The number of piperidine rings is 1. The quantitative estimate of drug-likeness (QED) is 0.441. The minimum Gasteiger partial charge on any atom is -0.494 e. The Morgan fingerprint density at radius 2 is 1.72 bits per heavy atom.